The van der Waals surface area contributed by atoms with Crippen molar-refractivity contribution in [3.63, 3.8) is 0 Å². The monoisotopic (exact) mass is 517 g/mol. The average molecular weight is 518 g/mol. The molecule has 1 heterocycles. The van der Waals surface area contributed by atoms with Crippen molar-refractivity contribution < 1.29 is 35.6 Å². The highest BCUT2D eigenvalue weighted by atomic mass is 32.2. The molecule has 1 aromatic heterocycles. The summed E-state index contributed by atoms with van der Waals surface area (Å²) in [5.74, 6) is -1.31. The number of nitrogens with two attached hydrogens (primary N) is 1. The van der Waals surface area contributed by atoms with Crippen LogP contribution in [0.3, 0.4) is 0 Å². The van der Waals surface area contributed by atoms with Crippen LogP contribution >= 0.6 is 0 Å². The number of esters is 1. The Morgan fingerprint density at radius 1 is 1.29 bits per heavy atom. The van der Waals surface area contributed by atoms with Crippen LogP contribution < -0.4 is 5.73 Å². The van der Waals surface area contributed by atoms with E-state index in [0.29, 0.717) is 12.6 Å². The summed E-state index contributed by atoms with van der Waals surface area (Å²) in [6, 6.07) is 5.56. The highest BCUT2D eigenvalue weighted by Gasteiger charge is 2.32. The number of halogens is 3. The van der Waals surface area contributed by atoms with Gasteiger partial charge in [-0.25, -0.2) is 8.42 Å². The molecule has 0 aliphatic carbocycles. The molecule has 0 radical (unpaired) electrons. The van der Waals surface area contributed by atoms with Gasteiger partial charge in [-0.3, -0.25) is 9.79 Å². The number of carbonyl (C=O) groups is 1. The van der Waals surface area contributed by atoms with Crippen LogP contribution in [-0.2, 0) is 19.4 Å². The van der Waals surface area contributed by atoms with Crippen molar-refractivity contribution in [1.29, 1.82) is 0 Å². The van der Waals surface area contributed by atoms with Crippen LogP contribution in [0.5, 0.6) is 0 Å². The molecule has 0 fully saturated rings. The minimum atomic E-state index is -4.86. The molecular formula is C21H26F3N5O5S. The third-order valence-corrected chi connectivity index (χ3v) is 5.84. The molecule has 14 heteroatoms. The Morgan fingerprint density at radius 3 is 2.57 bits per heavy atom. The lowest BCUT2D eigenvalue weighted by atomic mass is 10.2. The van der Waals surface area contributed by atoms with Crippen molar-refractivity contribution in [2.45, 2.75) is 24.9 Å². The number of likely N-dealkylation sites (N-methyl/N-ethyl adjacent to an activating group) is 1. The van der Waals surface area contributed by atoms with Crippen LogP contribution in [0.25, 0.3) is 11.5 Å². The molecule has 192 valence electrons. The van der Waals surface area contributed by atoms with Gasteiger partial charge in [0, 0.05) is 18.4 Å². The van der Waals surface area contributed by atoms with E-state index in [0.717, 1.165) is 19.3 Å². The van der Waals surface area contributed by atoms with Crippen LogP contribution in [0, 0.1) is 0 Å². The van der Waals surface area contributed by atoms with Gasteiger partial charge in [-0.1, -0.05) is 25.1 Å². The van der Waals surface area contributed by atoms with Gasteiger partial charge in [0.25, 0.3) is 5.89 Å². The normalized spacial score (nSPS) is 13.3. The predicted octanol–water partition coefficient (Wildman–Crippen LogP) is 2.22. The first-order valence-electron chi connectivity index (χ1n) is 10.5. The number of alkyl halides is 3. The van der Waals surface area contributed by atoms with Crippen molar-refractivity contribution in [3.05, 3.63) is 41.9 Å². The summed E-state index contributed by atoms with van der Waals surface area (Å²) in [6.07, 6.45) is -3.37. The van der Waals surface area contributed by atoms with Gasteiger partial charge in [0.1, 0.15) is 24.6 Å². The number of hydrogen-bond donors (Lipinski definition) is 1. The number of ether oxygens (including phenoxy) is 1. The number of aliphatic imine (C=N–C) groups is 1. The average Bonchev–Trinajstić information content (AvgIpc) is 3.28. The third kappa shape index (κ3) is 8.47. The molecule has 0 atom stereocenters. The number of carbonyl (C=O) groups excluding carboxylic acids is 1. The number of rotatable bonds is 11. The number of hydrogen-bond acceptors (Lipinski definition) is 10. The van der Waals surface area contributed by atoms with Gasteiger partial charge < -0.3 is 19.9 Å². The summed E-state index contributed by atoms with van der Waals surface area (Å²) in [7, 11) is -3.53. The first kappa shape index (κ1) is 28.0. The number of allylic oxidation sites excluding steroid dienone is 2. The molecule has 35 heavy (non-hydrogen) atoms. The molecular weight excluding hydrogens is 491 g/mol. The van der Waals surface area contributed by atoms with Crippen molar-refractivity contribution >= 4 is 21.5 Å². The Hall–Kier alpha value is -3.26. The first-order valence-corrected chi connectivity index (χ1v) is 12.4. The lowest BCUT2D eigenvalue weighted by Crippen LogP contribution is -2.28. The Labute approximate surface area is 200 Å². The fourth-order valence-electron chi connectivity index (χ4n) is 2.74. The molecule has 2 aromatic rings. The summed E-state index contributed by atoms with van der Waals surface area (Å²) >= 11 is 0. The first-order chi connectivity index (χ1) is 16.3. The van der Waals surface area contributed by atoms with Crippen LogP contribution in [-0.4, -0.2) is 80.4 Å². The molecule has 0 spiro atoms. The van der Waals surface area contributed by atoms with Crippen LogP contribution in [0.4, 0.5) is 13.2 Å². The smallest absolute Gasteiger partial charge is 0.430 e. The van der Waals surface area contributed by atoms with Gasteiger partial charge in [-0.2, -0.15) is 18.2 Å². The molecule has 0 saturated heterocycles. The second-order valence-corrected chi connectivity index (χ2v) is 9.29. The summed E-state index contributed by atoms with van der Waals surface area (Å²) < 4.78 is 72.7. The zero-order valence-electron chi connectivity index (χ0n) is 19.4. The van der Waals surface area contributed by atoms with Crippen molar-refractivity contribution in [2.24, 2.45) is 10.7 Å². The minimum absolute atomic E-state index is 0.0164. The molecule has 0 saturated carbocycles. The van der Waals surface area contributed by atoms with Crippen LogP contribution in [0.1, 0.15) is 19.7 Å². The molecule has 0 bridgehead atoms. The van der Waals surface area contributed by atoms with Gasteiger partial charge in [-0.15, -0.1) is 0 Å². The Morgan fingerprint density at radius 2 is 1.97 bits per heavy atom. The highest BCUT2D eigenvalue weighted by Crippen LogP contribution is 2.23. The number of benzene rings is 1. The number of nitrogens with zero attached hydrogens (tertiary/aromatic N) is 4. The van der Waals surface area contributed by atoms with Crippen LogP contribution in [0.15, 0.2) is 50.4 Å². The summed E-state index contributed by atoms with van der Waals surface area (Å²) in [5, 5.41) is 3.61. The second-order valence-electron chi connectivity index (χ2n) is 7.27. The quantitative estimate of drug-likeness (QED) is 0.351. The summed E-state index contributed by atoms with van der Waals surface area (Å²) in [5.41, 5.74) is 3.37. The highest BCUT2D eigenvalue weighted by molar-refractivity contribution is 7.90. The summed E-state index contributed by atoms with van der Waals surface area (Å²) in [6.45, 7) is 5.43. The molecule has 1 aromatic carbocycles. The van der Waals surface area contributed by atoms with E-state index in [9.17, 15) is 26.4 Å². The van der Waals surface area contributed by atoms with Gasteiger partial charge in [0.15, 0.2) is 9.84 Å². The van der Waals surface area contributed by atoms with E-state index in [1.807, 2.05) is 18.7 Å². The van der Waals surface area contributed by atoms with E-state index in [-0.39, 0.29) is 28.8 Å². The van der Waals surface area contributed by atoms with E-state index < -0.39 is 39.9 Å². The largest absolute Gasteiger partial charge is 0.463 e. The van der Waals surface area contributed by atoms with E-state index in [1.165, 1.54) is 24.3 Å². The maximum Gasteiger partial charge on any atom is 0.430 e. The van der Waals surface area contributed by atoms with Gasteiger partial charge in [0.05, 0.1) is 4.90 Å². The molecule has 0 amide bonds. The van der Waals surface area contributed by atoms with E-state index in [2.05, 4.69) is 15.1 Å². The Balaban J connectivity index is 2.29. The standard InChI is InChI=1S/C21H26F3N5O5S/c1-4-29(5-2)9-10-33-18(30)13-26-16(12-17(25)21(22,23)24)19-27-20(34-28-19)14-7-6-8-15(11-14)35(3,31)32/h6-8,11-12H,4-5,9-10,13,25H2,1-3H3. The number of aromatic nitrogens is 2. The van der Waals surface area contributed by atoms with Crippen LogP contribution in [0.2, 0.25) is 0 Å². The van der Waals surface area contributed by atoms with Crippen molar-refractivity contribution in [2.75, 3.05) is 39.0 Å². The third-order valence-electron chi connectivity index (χ3n) is 4.73. The van der Waals surface area contributed by atoms with Crippen molar-refractivity contribution in [3.8, 4) is 11.5 Å². The lowest BCUT2D eigenvalue weighted by Gasteiger charge is -2.17. The number of sulfone groups is 1. The molecule has 0 aliphatic rings. The van der Waals surface area contributed by atoms with Gasteiger partial charge in [-0.05, 0) is 37.4 Å². The lowest BCUT2D eigenvalue weighted by molar-refractivity contribution is -0.142. The predicted molar refractivity (Wildman–Crippen MR) is 121 cm³/mol. The van der Waals surface area contributed by atoms with Gasteiger partial charge in [0.2, 0.25) is 5.82 Å². The fraction of sp³-hybridized carbons (Fsp3) is 0.429. The Bertz CT molecular complexity index is 1190. The molecule has 0 aliphatic heterocycles. The zero-order valence-corrected chi connectivity index (χ0v) is 20.2. The molecule has 2 N–H and O–H groups in total. The minimum Gasteiger partial charge on any atom is -0.463 e. The fourth-order valence-corrected chi connectivity index (χ4v) is 3.41. The molecule has 10 nitrogen and oxygen atoms in total. The van der Waals surface area contributed by atoms with E-state index >= 15 is 0 Å². The van der Waals surface area contributed by atoms with E-state index in [1.54, 1.807) is 0 Å². The zero-order chi connectivity index (χ0) is 26.2. The maximum absolute atomic E-state index is 13.0. The maximum atomic E-state index is 13.0. The van der Waals surface area contributed by atoms with Crippen molar-refractivity contribution in [1.82, 2.24) is 15.0 Å². The SMILES string of the molecule is CCN(CC)CCOC(=O)CN=C(C=C(N)C(F)(F)F)c1noc(-c2cccc(S(C)(=O)=O)c2)n1. The second kappa shape index (κ2) is 11.9. The Kier molecular flexibility index (Phi) is 9.54. The summed E-state index contributed by atoms with van der Waals surface area (Å²) in [4.78, 5) is 21.9. The van der Waals surface area contributed by atoms with E-state index in [4.69, 9.17) is 15.0 Å². The topological polar surface area (TPSA) is 141 Å². The molecule has 2 rings (SSSR count). The van der Waals surface area contributed by atoms with Gasteiger partial charge >= 0.3 is 12.1 Å². The molecule has 0 unspecified atom stereocenters.